The minimum atomic E-state index is -2.77. The summed E-state index contributed by atoms with van der Waals surface area (Å²) in [6, 6.07) is -1.65. The molecule has 88 valence electrons. The Kier molecular flexibility index (Phi) is 4.20. The van der Waals surface area contributed by atoms with E-state index in [0.717, 1.165) is 13.8 Å². The average Bonchev–Trinajstić information content (AvgIpc) is 2.10. The molecule has 0 spiro atoms. The third kappa shape index (κ3) is 2.88. The monoisotopic (exact) mass is 220 g/mol. The molecule has 0 radical (unpaired) electrons. The second kappa shape index (κ2) is 4.56. The SMILES string of the molecule is CNC(=O)C(NC=O)C(O)(O)C(C)(C)O. The molecule has 15 heavy (non-hydrogen) atoms. The van der Waals surface area contributed by atoms with E-state index in [1.54, 1.807) is 0 Å². The first-order valence-corrected chi connectivity index (χ1v) is 4.27. The highest BCUT2D eigenvalue weighted by Crippen LogP contribution is 2.22. The van der Waals surface area contributed by atoms with Gasteiger partial charge >= 0.3 is 0 Å². The normalized spacial score (nSPS) is 14.3. The Morgan fingerprint density at radius 3 is 2.07 bits per heavy atom. The topological polar surface area (TPSA) is 119 Å². The standard InChI is InChI=1S/C8H16N2O5/c1-7(2,13)8(14,15)5(10-4-11)6(12)9-3/h4-5,13-15H,1-3H3,(H,9,12)(H,10,11). The number of nitrogens with one attached hydrogen (secondary N) is 2. The molecule has 0 saturated heterocycles. The first-order valence-electron chi connectivity index (χ1n) is 4.27. The van der Waals surface area contributed by atoms with Crippen LogP contribution in [-0.4, -0.2) is 52.1 Å². The van der Waals surface area contributed by atoms with Gasteiger partial charge in [0.15, 0.2) is 6.04 Å². The molecule has 1 atom stereocenters. The first kappa shape index (κ1) is 13.8. The fourth-order valence-corrected chi connectivity index (χ4v) is 0.940. The lowest BCUT2D eigenvalue weighted by Crippen LogP contribution is -2.67. The lowest BCUT2D eigenvalue weighted by atomic mass is 9.90. The number of likely N-dealkylation sites (N-methyl/N-ethyl adjacent to an activating group) is 1. The quantitative estimate of drug-likeness (QED) is 0.255. The molecular weight excluding hydrogens is 204 g/mol. The van der Waals surface area contributed by atoms with E-state index < -0.39 is 23.3 Å². The molecule has 0 aliphatic carbocycles. The van der Waals surface area contributed by atoms with Crippen molar-refractivity contribution in [3.8, 4) is 0 Å². The zero-order chi connectivity index (χ0) is 12.3. The predicted octanol–water partition coefficient (Wildman–Crippen LogP) is -2.70. The molecule has 1 unspecified atom stereocenters. The summed E-state index contributed by atoms with van der Waals surface area (Å²) < 4.78 is 0. The van der Waals surface area contributed by atoms with Gasteiger partial charge in [0.05, 0.1) is 0 Å². The summed E-state index contributed by atoms with van der Waals surface area (Å²) in [5.74, 6) is -3.59. The lowest BCUT2D eigenvalue weighted by molar-refractivity contribution is -0.272. The van der Waals surface area contributed by atoms with Gasteiger partial charge in [-0.05, 0) is 13.8 Å². The van der Waals surface area contributed by atoms with E-state index in [4.69, 9.17) is 0 Å². The number of hydrogen-bond acceptors (Lipinski definition) is 5. The van der Waals surface area contributed by atoms with E-state index >= 15 is 0 Å². The van der Waals surface area contributed by atoms with Crippen LogP contribution in [0.25, 0.3) is 0 Å². The van der Waals surface area contributed by atoms with Crippen LogP contribution in [0.5, 0.6) is 0 Å². The molecule has 0 aromatic heterocycles. The van der Waals surface area contributed by atoms with Crippen molar-refractivity contribution in [2.24, 2.45) is 0 Å². The van der Waals surface area contributed by atoms with Crippen molar-refractivity contribution >= 4 is 12.3 Å². The summed E-state index contributed by atoms with van der Waals surface area (Å²) >= 11 is 0. The van der Waals surface area contributed by atoms with Crippen LogP contribution in [0.1, 0.15) is 13.8 Å². The first-order chi connectivity index (χ1) is 6.68. The minimum absolute atomic E-state index is 0.146. The van der Waals surface area contributed by atoms with Gasteiger partial charge in [0.25, 0.3) is 0 Å². The van der Waals surface area contributed by atoms with E-state index in [2.05, 4.69) is 5.32 Å². The molecule has 0 aliphatic rings. The fourth-order valence-electron chi connectivity index (χ4n) is 0.940. The molecule has 0 heterocycles. The van der Waals surface area contributed by atoms with Gasteiger partial charge in [-0.15, -0.1) is 0 Å². The molecule has 7 nitrogen and oxygen atoms in total. The molecule has 0 aromatic carbocycles. The molecular formula is C8H16N2O5. The summed E-state index contributed by atoms with van der Waals surface area (Å²) in [6.45, 7) is 2.21. The van der Waals surface area contributed by atoms with Gasteiger partial charge in [-0.25, -0.2) is 0 Å². The van der Waals surface area contributed by atoms with E-state index in [9.17, 15) is 24.9 Å². The molecule has 2 amide bonds. The smallest absolute Gasteiger partial charge is 0.248 e. The Labute approximate surface area is 87.1 Å². The Balaban J connectivity index is 5.06. The summed E-state index contributed by atoms with van der Waals surface area (Å²) in [4.78, 5) is 21.4. The van der Waals surface area contributed by atoms with Crippen LogP contribution in [-0.2, 0) is 9.59 Å². The lowest BCUT2D eigenvalue weighted by Gasteiger charge is -2.38. The number of carbonyl (C=O) groups is 2. The molecule has 7 heteroatoms. The average molecular weight is 220 g/mol. The van der Waals surface area contributed by atoms with Crippen LogP contribution >= 0.6 is 0 Å². The van der Waals surface area contributed by atoms with Crippen molar-refractivity contribution in [3.05, 3.63) is 0 Å². The number of hydrogen-bond donors (Lipinski definition) is 5. The van der Waals surface area contributed by atoms with E-state index in [1.807, 2.05) is 5.32 Å². The van der Waals surface area contributed by atoms with Crippen LogP contribution < -0.4 is 10.6 Å². The van der Waals surface area contributed by atoms with Crippen molar-refractivity contribution in [2.75, 3.05) is 7.05 Å². The van der Waals surface area contributed by atoms with Gasteiger partial charge in [0.1, 0.15) is 5.60 Å². The molecule has 0 saturated carbocycles. The Hall–Kier alpha value is -1.18. The van der Waals surface area contributed by atoms with Gasteiger partial charge in [-0.1, -0.05) is 0 Å². The van der Waals surface area contributed by atoms with E-state index in [0.29, 0.717) is 0 Å². The molecule has 5 N–H and O–H groups in total. The Morgan fingerprint density at radius 1 is 1.33 bits per heavy atom. The third-order valence-electron chi connectivity index (χ3n) is 2.05. The number of aliphatic hydroxyl groups is 3. The van der Waals surface area contributed by atoms with Crippen LogP contribution in [0.3, 0.4) is 0 Å². The van der Waals surface area contributed by atoms with Gasteiger partial charge in [0.2, 0.25) is 18.1 Å². The maximum Gasteiger partial charge on any atom is 0.248 e. The molecule has 0 aromatic rings. The fraction of sp³-hybridized carbons (Fsp3) is 0.750. The Bertz CT molecular complexity index is 246. The number of carbonyl (C=O) groups excluding carboxylic acids is 2. The maximum atomic E-state index is 11.2. The summed E-state index contributed by atoms with van der Waals surface area (Å²) in [5.41, 5.74) is -1.97. The van der Waals surface area contributed by atoms with Gasteiger partial charge in [-0.3, -0.25) is 9.59 Å². The molecule has 0 bridgehead atoms. The van der Waals surface area contributed by atoms with Gasteiger partial charge < -0.3 is 26.0 Å². The van der Waals surface area contributed by atoms with E-state index in [-0.39, 0.29) is 6.41 Å². The Morgan fingerprint density at radius 2 is 1.80 bits per heavy atom. The van der Waals surface area contributed by atoms with Crippen molar-refractivity contribution in [3.63, 3.8) is 0 Å². The molecule has 0 fully saturated rings. The maximum absolute atomic E-state index is 11.2. The van der Waals surface area contributed by atoms with Crippen molar-refractivity contribution in [1.82, 2.24) is 10.6 Å². The molecule has 0 aliphatic heterocycles. The van der Waals surface area contributed by atoms with Crippen LogP contribution in [0.4, 0.5) is 0 Å². The number of amides is 2. The van der Waals surface area contributed by atoms with Crippen LogP contribution in [0.2, 0.25) is 0 Å². The number of rotatable bonds is 5. The zero-order valence-corrected chi connectivity index (χ0v) is 8.81. The third-order valence-corrected chi connectivity index (χ3v) is 2.05. The van der Waals surface area contributed by atoms with Crippen molar-refractivity contribution in [1.29, 1.82) is 0 Å². The predicted molar refractivity (Wildman–Crippen MR) is 50.5 cm³/mol. The highest BCUT2D eigenvalue weighted by molar-refractivity contribution is 5.84. The highest BCUT2D eigenvalue weighted by Gasteiger charge is 2.50. The summed E-state index contributed by atoms with van der Waals surface area (Å²) in [7, 11) is 1.27. The van der Waals surface area contributed by atoms with Gasteiger partial charge in [-0.2, -0.15) is 0 Å². The van der Waals surface area contributed by atoms with Crippen LogP contribution in [0.15, 0.2) is 0 Å². The highest BCUT2D eigenvalue weighted by atomic mass is 16.5. The summed E-state index contributed by atoms with van der Waals surface area (Å²) in [5, 5.41) is 32.6. The second-order valence-corrected chi connectivity index (χ2v) is 3.62. The minimum Gasteiger partial charge on any atom is -0.385 e. The van der Waals surface area contributed by atoms with E-state index in [1.165, 1.54) is 7.05 Å². The zero-order valence-electron chi connectivity index (χ0n) is 8.81. The molecule has 0 rings (SSSR count). The summed E-state index contributed by atoms with van der Waals surface area (Å²) in [6.07, 6.45) is 0.146. The second-order valence-electron chi connectivity index (χ2n) is 3.62. The van der Waals surface area contributed by atoms with Crippen LogP contribution in [0, 0.1) is 0 Å². The van der Waals surface area contributed by atoms with Gasteiger partial charge in [0, 0.05) is 7.05 Å². The van der Waals surface area contributed by atoms with Crippen molar-refractivity contribution in [2.45, 2.75) is 31.3 Å². The van der Waals surface area contributed by atoms with Crippen molar-refractivity contribution < 1.29 is 24.9 Å². The largest absolute Gasteiger partial charge is 0.385 e.